The minimum atomic E-state index is -1.03. The summed E-state index contributed by atoms with van der Waals surface area (Å²) in [5.41, 5.74) is 5.63. The smallest absolute Gasteiger partial charge is 0.312 e. The van der Waals surface area contributed by atoms with E-state index >= 15 is 0 Å². The third-order valence-electron chi connectivity index (χ3n) is 6.53. The van der Waals surface area contributed by atoms with Gasteiger partial charge in [-0.05, 0) is 57.2 Å². The predicted octanol–water partition coefficient (Wildman–Crippen LogP) is 1.10. The number of esters is 1. The zero-order chi connectivity index (χ0) is 33.0. The second-order valence-corrected chi connectivity index (χ2v) is 11.7. The van der Waals surface area contributed by atoms with Gasteiger partial charge in [-0.25, -0.2) is 4.79 Å². The molecule has 0 radical (unpaired) electrons. The number of primary amides is 1. The topological polar surface area (TPSA) is 206 Å². The van der Waals surface area contributed by atoms with E-state index in [0.29, 0.717) is 17.7 Å². The number of nitrogens with zero attached hydrogens (tertiary/aromatic N) is 1. The summed E-state index contributed by atoms with van der Waals surface area (Å²) >= 11 is 0. The summed E-state index contributed by atoms with van der Waals surface area (Å²) in [5, 5.41) is 10.5. The first-order chi connectivity index (χ1) is 20.6. The zero-order valence-electron chi connectivity index (χ0n) is 25.7. The molecule has 0 bridgehead atoms. The number of rotatable bonds is 15. The molecule has 2 atom stereocenters. The van der Waals surface area contributed by atoms with Crippen LogP contribution in [0.25, 0.3) is 0 Å². The van der Waals surface area contributed by atoms with Gasteiger partial charge in [0.1, 0.15) is 18.7 Å². The van der Waals surface area contributed by atoms with E-state index in [2.05, 4.69) is 21.3 Å². The van der Waals surface area contributed by atoms with Gasteiger partial charge in [0.25, 0.3) is 11.8 Å². The fourth-order valence-corrected chi connectivity index (χ4v) is 3.97. The average molecular weight is 615 g/mol. The van der Waals surface area contributed by atoms with E-state index in [1.165, 1.54) is 0 Å². The molecular weight excluding hydrogens is 572 g/mol. The number of hydrogen-bond acceptors (Lipinski definition) is 8. The van der Waals surface area contributed by atoms with Crippen LogP contribution >= 0.6 is 0 Å². The first-order valence-electron chi connectivity index (χ1n) is 14.3. The molecule has 1 aromatic rings. The van der Waals surface area contributed by atoms with Crippen molar-refractivity contribution in [2.45, 2.75) is 72.6 Å². The predicted molar refractivity (Wildman–Crippen MR) is 160 cm³/mol. The molecule has 2 rings (SSSR count). The number of urea groups is 1. The number of ether oxygens (including phenoxy) is 1. The van der Waals surface area contributed by atoms with Crippen molar-refractivity contribution in [2.75, 3.05) is 18.4 Å². The molecule has 44 heavy (non-hydrogen) atoms. The molecule has 0 fully saturated rings. The van der Waals surface area contributed by atoms with Crippen molar-refractivity contribution in [3.8, 4) is 0 Å². The molecule has 1 heterocycles. The molecule has 0 aliphatic carbocycles. The van der Waals surface area contributed by atoms with Gasteiger partial charge in [-0.3, -0.25) is 33.7 Å². The number of carbonyl (C=O) groups is 7. The molecule has 1 aliphatic rings. The van der Waals surface area contributed by atoms with Gasteiger partial charge in [0.15, 0.2) is 0 Å². The molecule has 1 aromatic carbocycles. The van der Waals surface area contributed by atoms with Crippen molar-refractivity contribution < 1.29 is 38.3 Å². The Balaban J connectivity index is 2.04. The van der Waals surface area contributed by atoms with Gasteiger partial charge in [0.05, 0.1) is 5.41 Å². The number of hydrogen-bond donors (Lipinski definition) is 5. The maximum absolute atomic E-state index is 13.3. The summed E-state index contributed by atoms with van der Waals surface area (Å²) in [5.74, 6) is -3.43. The lowest BCUT2D eigenvalue weighted by Gasteiger charge is -2.25. The maximum Gasteiger partial charge on any atom is 0.312 e. The normalized spacial score (nSPS) is 14.2. The van der Waals surface area contributed by atoms with Crippen LogP contribution in [0.3, 0.4) is 0 Å². The maximum atomic E-state index is 13.3. The van der Waals surface area contributed by atoms with Crippen molar-refractivity contribution in [1.82, 2.24) is 20.9 Å². The highest BCUT2D eigenvalue weighted by atomic mass is 16.5. The number of nitrogens with one attached hydrogen (secondary N) is 4. The monoisotopic (exact) mass is 614 g/mol. The second-order valence-electron chi connectivity index (χ2n) is 11.7. The average Bonchev–Trinajstić information content (AvgIpc) is 3.26. The number of nitrogens with two attached hydrogens (primary N) is 1. The SMILES string of the molecule is CC(C)C(NC(=O)CCN1C(=O)C=CC1=O)C(=O)N[C@@H](CCCNC(N)=O)C(=O)Nc1ccc(COC(=O)C(C)(C)C)cc1. The quantitative estimate of drug-likeness (QED) is 0.110. The van der Waals surface area contributed by atoms with Crippen LogP contribution in [0.1, 0.15) is 59.4 Å². The van der Waals surface area contributed by atoms with Crippen LogP contribution in [-0.4, -0.2) is 71.6 Å². The van der Waals surface area contributed by atoms with E-state index in [-0.39, 0.29) is 44.4 Å². The van der Waals surface area contributed by atoms with Crippen LogP contribution in [-0.2, 0) is 40.1 Å². The lowest BCUT2D eigenvalue weighted by molar-refractivity contribution is -0.154. The van der Waals surface area contributed by atoms with Crippen LogP contribution in [0.4, 0.5) is 10.5 Å². The van der Waals surface area contributed by atoms with Gasteiger partial charge in [-0.15, -0.1) is 0 Å². The van der Waals surface area contributed by atoms with Crippen molar-refractivity contribution >= 4 is 47.2 Å². The summed E-state index contributed by atoms with van der Waals surface area (Å²) in [7, 11) is 0. The molecule has 1 aliphatic heterocycles. The summed E-state index contributed by atoms with van der Waals surface area (Å²) in [6, 6.07) is 3.88. The zero-order valence-corrected chi connectivity index (χ0v) is 25.7. The first kappa shape index (κ1) is 35.4. The highest BCUT2D eigenvalue weighted by Crippen LogP contribution is 2.18. The third-order valence-corrected chi connectivity index (χ3v) is 6.53. The summed E-state index contributed by atoms with van der Waals surface area (Å²) in [4.78, 5) is 86.6. The van der Waals surface area contributed by atoms with Crippen molar-refractivity contribution in [3.05, 3.63) is 42.0 Å². The number of benzene rings is 1. The van der Waals surface area contributed by atoms with Crippen LogP contribution < -0.4 is 27.0 Å². The molecule has 0 saturated carbocycles. The highest BCUT2D eigenvalue weighted by molar-refractivity contribution is 6.13. The number of anilines is 1. The Labute approximate surface area is 256 Å². The molecule has 7 amide bonds. The van der Waals surface area contributed by atoms with E-state index < -0.39 is 53.1 Å². The van der Waals surface area contributed by atoms with Crippen molar-refractivity contribution in [2.24, 2.45) is 17.1 Å². The molecular formula is C30H42N6O8. The summed E-state index contributed by atoms with van der Waals surface area (Å²) < 4.78 is 5.31. The van der Waals surface area contributed by atoms with E-state index in [4.69, 9.17) is 10.5 Å². The Bertz CT molecular complexity index is 1250. The van der Waals surface area contributed by atoms with Crippen molar-refractivity contribution in [3.63, 3.8) is 0 Å². The van der Waals surface area contributed by atoms with E-state index in [9.17, 15) is 33.6 Å². The highest BCUT2D eigenvalue weighted by Gasteiger charge is 2.30. The summed E-state index contributed by atoms with van der Waals surface area (Å²) in [6.45, 7) is 8.80. The van der Waals surface area contributed by atoms with E-state index in [1.807, 2.05) is 0 Å². The Morgan fingerprint density at radius 3 is 2.09 bits per heavy atom. The van der Waals surface area contributed by atoms with Gasteiger partial charge in [-0.1, -0.05) is 26.0 Å². The number of imide groups is 1. The lowest BCUT2D eigenvalue weighted by Crippen LogP contribution is -2.54. The minimum Gasteiger partial charge on any atom is -0.460 e. The van der Waals surface area contributed by atoms with E-state index in [1.54, 1.807) is 58.9 Å². The van der Waals surface area contributed by atoms with Crippen molar-refractivity contribution in [1.29, 1.82) is 0 Å². The lowest BCUT2D eigenvalue weighted by atomic mass is 9.97. The molecule has 0 saturated heterocycles. The van der Waals surface area contributed by atoms with Gasteiger partial charge in [-0.2, -0.15) is 0 Å². The largest absolute Gasteiger partial charge is 0.460 e. The Morgan fingerprint density at radius 1 is 0.932 bits per heavy atom. The fraction of sp³-hybridized carbons (Fsp3) is 0.500. The molecule has 0 aromatic heterocycles. The third kappa shape index (κ3) is 11.5. The standard InChI is InChI=1S/C30H42N6O8/c1-18(2)25(35-22(37)14-16-36-23(38)12-13-24(36)39)27(41)34-21(7-6-15-32-29(31)43)26(40)33-20-10-8-19(9-11-20)17-44-28(42)30(3,4)5/h8-13,18,21,25H,6-7,14-17H2,1-5H3,(H,33,40)(H,34,41)(H,35,37)(H3,31,32,43)/t21-,25?/m0/s1. The van der Waals surface area contributed by atoms with Gasteiger partial charge in [0.2, 0.25) is 17.7 Å². The summed E-state index contributed by atoms with van der Waals surface area (Å²) in [6.07, 6.45) is 2.49. The molecule has 1 unspecified atom stereocenters. The molecule has 6 N–H and O–H groups in total. The van der Waals surface area contributed by atoms with Gasteiger partial charge in [0, 0.05) is 37.3 Å². The van der Waals surface area contributed by atoms with E-state index in [0.717, 1.165) is 17.1 Å². The Morgan fingerprint density at radius 2 is 1.55 bits per heavy atom. The van der Waals surface area contributed by atoms with Crippen LogP contribution in [0.5, 0.6) is 0 Å². The second kappa shape index (κ2) is 16.2. The number of amides is 7. The molecule has 14 nitrogen and oxygen atoms in total. The van der Waals surface area contributed by atoms with Gasteiger partial charge < -0.3 is 31.7 Å². The first-order valence-corrected chi connectivity index (χ1v) is 14.3. The Kier molecular flexibility index (Phi) is 13.0. The number of carbonyl (C=O) groups excluding carboxylic acids is 7. The Hall–Kier alpha value is -4.75. The van der Waals surface area contributed by atoms with Crippen LogP contribution in [0.15, 0.2) is 36.4 Å². The molecule has 0 spiro atoms. The fourth-order valence-electron chi connectivity index (χ4n) is 3.97. The molecule has 14 heteroatoms. The van der Waals surface area contributed by atoms with Gasteiger partial charge >= 0.3 is 12.0 Å². The van der Waals surface area contributed by atoms with Crippen LogP contribution in [0.2, 0.25) is 0 Å². The minimum absolute atomic E-state index is 0.0692. The van der Waals surface area contributed by atoms with Crippen LogP contribution in [0, 0.1) is 11.3 Å². The molecule has 240 valence electrons.